The molecule has 0 aromatic rings. The third-order valence-electron chi connectivity index (χ3n) is 1.73. The van der Waals surface area contributed by atoms with Crippen LogP contribution in [0.2, 0.25) is 0 Å². The first-order chi connectivity index (χ1) is 5.25. The monoisotopic (exact) mass is 160 g/mol. The quantitative estimate of drug-likeness (QED) is 0.652. The molecule has 0 amide bonds. The summed E-state index contributed by atoms with van der Waals surface area (Å²) in [7, 11) is 0. The van der Waals surface area contributed by atoms with Crippen molar-refractivity contribution in [3.05, 3.63) is 0 Å². The zero-order valence-electron chi connectivity index (χ0n) is 6.45. The summed E-state index contributed by atoms with van der Waals surface area (Å²) in [5, 5.41) is 8.67. The molecule has 4 heteroatoms. The van der Waals surface area contributed by atoms with Crippen LogP contribution < -0.4 is 0 Å². The van der Waals surface area contributed by atoms with E-state index < -0.39 is 18.2 Å². The molecule has 1 unspecified atom stereocenters. The van der Waals surface area contributed by atoms with E-state index >= 15 is 0 Å². The van der Waals surface area contributed by atoms with Crippen molar-refractivity contribution in [1.82, 2.24) is 0 Å². The first-order valence-electron chi connectivity index (χ1n) is 3.71. The normalized spacial score (nSPS) is 21.9. The molecule has 1 N–H and O–H groups in total. The standard InChI is InChI=1S/C7H12O4/c1-2-5(6(8)9)7-10-3-4-11-7/h5,7H,2-4H2,1H3,(H,8,9). The molecule has 0 aliphatic carbocycles. The van der Waals surface area contributed by atoms with Gasteiger partial charge in [0.2, 0.25) is 0 Å². The minimum Gasteiger partial charge on any atom is -0.481 e. The van der Waals surface area contributed by atoms with Crippen LogP contribution in [0.4, 0.5) is 0 Å². The van der Waals surface area contributed by atoms with Gasteiger partial charge in [-0.3, -0.25) is 4.79 Å². The van der Waals surface area contributed by atoms with Crippen LogP contribution in [0.25, 0.3) is 0 Å². The van der Waals surface area contributed by atoms with Crippen molar-refractivity contribution in [2.75, 3.05) is 13.2 Å². The molecule has 0 spiro atoms. The van der Waals surface area contributed by atoms with Gasteiger partial charge in [-0.1, -0.05) is 6.92 Å². The summed E-state index contributed by atoms with van der Waals surface area (Å²) in [5.41, 5.74) is 0. The molecular formula is C7H12O4. The molecule has 0 aromatic carbocycles. The van der Waals surface area contributed by atoms with E-state index in [4.69, 9.17) is 14.6 Å². The van der Waals surface area contributed by atoms with Gasteiger partial charge in [-0.25, -0.2) is 0 Å². The molecule has 0 bridgehead atoms. The zero-order chi connectivity index (χ0) is 8.27. The van der Waals surface area contributed by atoms with Gasteiger partial charge in [0.1, 0.15) is 5.92 Å². The highest BCUT2D eigenvalue weighted by molar-refractivity contribution is 5.70. The van der Waals surface area contributed by atoms with Gasteiger partial charge < -0.3 is 14.6 Å². The number of rotatable bonds is 3. The molecule has 4 nitrogen and oxygen atoms in total. The van der Waals surface area contributed by atoms with E-state index in [2.05, 4.69) is 0 Å². The fourth-order valence-electron chi connectivity index (χ4n) is 1.09. The maximum absolute atomic E-state index is 10.6. The van der Waals surface area contributed by atoms with Gasteiger partial charge >= 0.3 is 5.97 Å². The molecular weight excluding hydrogens is 148 g/mol. The lowest BCUT2D eigenvalue weighted by Gasteiger charge is -2.15. The van der Waals surface area contributed by atoms with Crippen LogP contribution in [0, 0.1) is 5.92 Å². The molecule has 1 heterocycles. The number of carboxylic acid groups (broad SMARTS) is 1. The Morgan fingerprint density at radius 1 is 1.64 bits per heavy atom. The second-order valence-electron chi connectivity index (χ2n) is 2.46. The molecule has 11 heavy (non-hydrogen) atoms. The molecule has 1 rings (SSSR count). The van der Waals surface area contributed by atoms with Crippen molar-refractivity contribution in [1.29, 1.82) is 0 Å². The fourth-order valence-corrected chi connectivity index (χ4v) is 1.09. The number of hydrogen-bond donors (Lipinski definition) is 1. The van der Waals surface area contributed by atoms with Gasteiger partial charge in [0, 0.05) is 0 Å². The van der Waals surface area contributed by atoms with Crippen molar-refractivity contribution < 1.29 is 19.4 Å². The largest absolute Gasteiger partial charge is 0.481 e. The highest BCUT2D eigenvalue weighted by atomic mass is 16.7. The van der Waals surface area contributed by atoms with E-state index in [1.54, 1.807) is 0 Å². The number of ether oxygens (including phenoxy) is 2. The van der Waals surface area contributed by atoms with Crippen LogP contribution in [-0.2, 0) is 14.3 Å². The Labute approximate surface area is 65.1 Å². The number of carbonyl (C=O) groups is 1. The van der Waals surface area contributed by atoms with E-state index in [-0.39, 0.29) is 0 Å². The summed E-state index contributed by atoms with van der Waals surface area (Å²) in [6.45, 7) is 2.83. The van der Waals surface area contributed by atoms with Crippen LogP contribution in [0.15, 0.2) is 0 Å². The predicted octanol–water partition coefficient (Wildman–Crippen LogP) is 0.470. The van der Waals surface area contributed by atoms with Crippen molar-refractivity contribution in [3.63, 3.8) is 0 Å². The minimum absolute atomic E-state index is 0.508. The summed E-state index contributed by atoms with van der Waals surface area (Å²) in [5.74, 6) is -1.36. The third kappa shape index (κ3) is 1.91. The molecule has 1 fully saturated rings. The van der Waals surface area contributed by atoms with Gasteiger partial charge in [0.05, 0.1) is 13.2 Å². The van der Waals surface area contributed by atoms with Gasteiger partial charge in [-0.05, 0) is 6.42 Å². The van der Waals surface area contributed by atoms with Crippen molar-refractivity contribution in [2.45, 2.75) is 19.6 Å². The molecule has 1 aliphatic rings. The first kappa shape index (κ1) is 8.49. The van der Waals surface area contributed by atoms with Crippen molar-refractivity contribution >= 4 is 5.97 Å². The molecule has 0 aromatic heterocycles. The van der Waals surface area contributed by atoms with Gasteiger partial charge in [0.25, 0.3) is 0 Å². The highest BCUT2D eigenvalue weighted by Gasteiger charge is 2.30. The lowest BCUT2D eigenvalue weighted by atomic mass is 10.1. The Morgan fingerprint density at radius 3 is 2.55 bits per heavy atom. The van der Waals surface area contributed by atoms with Gasteiger partial charge in [0.15, 0.2) is 6.29 Å². The van der Waals surface area contributed by atoms with E-state index in [0.29, 0.717) is 19.6 Å². The zero-order valence-corrected chi connectivity index (χ0v) is 6.45. The Hall–Kier alpha value is -0.610. The van der Waals surface area contributed by atoms with Gasteiger partial charge in [-0.15, -0.1) is 0 Å². The van der Waals surface area contributed by atoms with Crippen LogP contribution in [0.3, 0.4) is 0 Å². The molecule has 1 aliphatic heterocycles. The average Bonchev–Trinajstić information content (AvgIpc) is 2.40. The van der Waals surface area contributed by atoms with E-state index in [1.165, 1.54) is 0 Å². The van der Waals surface area contributed by atoms with Crippen molar-refractivity contribution in [2.24, 2.45) is 5.92 Å². The van der Waals surface area contributed by atoms with Crippen LogP contribution in [-0.4, -0.2) is 30.6 Å². The number of carboxylic acids is 1. The van der Waals surface area contributed by atoms with E-state index in [9.17, 15) is 4.79 Å². The maximum Gasteiger partial charge on any atom is 0.311 e. The van der Waals surface area contributed by atoms with Crippen LogP contribution in [0.5, 0.6) is 0 Å². The van der Waals surface area contributed by atoms with Gasteiger partial charge in [-0.2, -0.15) is 0 Å². The maximum atomic E-state index is 10.6. The number of aliphatic carboxylic acids is 1. The summed E-state index contributed by atoms with van der Waals surface area (Å²) >= 11 is 0. The average molecular weight is 160 g/mol. The smallest absolute Gasteiger partial charge is 0.311 e. The Balaban J connectivity index is 2.46. The second-order valence-corrected chi connectivity index (χ2v) is 2.46. The van der Waals surface area contributed by atoms with E-state index in [0.717, 1.165) is 0 Å². The Morgan fingerprint density at radius 2 is 2.18 bits per heavy atom. The molecule has 1 atom stereocenters. The Kier molecular flexibility index (Phi) is 2.84. The summed E-state index contributed by atoms with van der Waals surface area (Å²) in [6.07, 6.45) is 0.0116. The SMILES string of the molecule is CCC(C(=O)O)C1OCCO1. The van der Waals surface area contributed by atoms with Crippen LogP contribution >= 0.6 is 0 Å². The van der Waals surface area contributed by atoms with Crippen molar-refractivity contribution in [3.8, 4) is 0 Å². The predicted molar refractivity (Wildman–Crippen MR) is 37.1 cm³/mol. The first-order valence-corrected chi connectivity index (χ1v) is 3.71. The lowest BCUT2D eigenvalue weighted by molar-refractivity contribution is -0.158. The molecule has 64 valence electrons. The summed E-state index contributed by atoms with van der Waals surface area (Å²) < 4.78 is 10.1. The molecule has 0 saturated carbocycles. The van der Waals surface area contributed by atoms with Crippen LogP contribution in [0.1, 0.15) is 13.3 Å². The van der Waals surface area contributed by atoms with E-state index in [1.807, 2.05) is 6.92 Å². The lowest BCUT2D eigenvalue weighted by Crippen LogP contribution is -2.28. The second kappa shape index (κ2) is 3.69. The molecule has 1 saturated heterocycles. The third-order valence-corrected chi connectivity index (χ3v) is 1.73. The topological polar surface area (TPSA) is 55.8 Å². The number of hydrogen-bond acceptors (Lipinski definition) is 3. The Bertz CT molecular complexity index is 139. The summed E-state index contributed by atoms with van der Waals surface area (Å²) in [4.78, 5) is 10.6. The fraction of sp³-hybridized carbons (Fsp3) is 0.857. The minimum atomic E-state index is -0.848. The summed E-state index contributed by atoms with van der Waals surface area (Å²) in [6, 6.07) is 0. The highest BCUT2D eigenvalue weighted by Crippen LogP contribution is 2.17. The molecule has 0 radical (unpaired) electrons.